The van der Waals surface area contributed by atoms with Crippen LogP contribution in [0.4, 0.5) is 13.9 Å². The maximum Gasteiger partial charge on any atom is 0.257 e. The number of carbonyl (C=O) groups is 2. The Labute approximate surface area is 213 Å². The minimum atomic E-state index is -0.901. The maximum atomic E-state index is 13.9. The molecule has 5 aromatic rings. The van der Waals surface area contributed by atoms with E-state index in [2.05, 4.69) is 15.6 Å². The van der Waals surface area contributed by atoms with Crippen LogP contribution in [-0.4, -0.2) is 33.7 Å². The van der Waals surface area contributed by atoms with E-state index in [1.807, 2.05) is 59.3 Å². The number of thiazole rings is 1. The number of hydrogen-bond acceptors (Lipinski definition) is 5. The van der Waals surface area contributed by atoms with Gasteiger partial charge in [-0.3, -0.25) is 9.59 Å². The van der Waals surface area contributed by atoms with Crippen molar-refractivity contribution in [2.45, 2.75) is 11.4 Å². The van der Waals surface area contributed by atoms with E-state index >= 15 is 0 Å². The van der Waals surface area contributed by atoms with Gasteiger partial charge in [0.1, 0.15) is 17.2 Å². The molecule has 0 saturated heterocycles. The summed E-state index contributed by atoms with van der Waals surface area (Å²) in [6.07, 6.45) is 1.91. The van der Waals surface area contributed by atoms with Crippen LogP contribution in [0.3, 0.4) is 0 Å². The zero-order valence-electron chi connectivity index (χ0n) is 18.8. The van der Waals surface area contributed by atoms with Crippen molar-refractivity contribution in [1.29, 1.82) is 0 Å². The van der Waals surface area contributed by atoms with Crippen LogP contribution in [0.2, 0.25) is 0 Å². The second-order valence-corrected chi connectivity index (χ2v) is 9.93. The predicted molar refractivity (Wildman–Crippen MR) is 140 cm³/mol. The third-order valence-corrected chi connectivity index (χ3v) is 7.47. The van der Waals surface area contributed by atoms with Gasteiger partial charge in [0.2, 0.25) is 5.91 Å². The summed E-state index contributed by atoms with van der Waals surface area (Å²) in [6, 6.07) is 18.7. The van der Waals surface area contributed by atoms with Crippen molar-refractivity contribution in [3.63, 3.8) is 0 Å². The molecule has 10 heteroatoms. The average Bonchev–Trinajstić information content (AvgIpc) is 3.43. The molecule has 0 radical (unpaired) electrons. The molecule has 0 saturated carbocycles. The number of carbonyl (C=O) groups excluding carboxylic acids is 2. The van der Waals surface area contributed by atoms with Gasteiger partial charge in [0, 0.05) is 35.1 Å². The van der Waals surface area contributed by atoms with E-state index in [0.29, 0.717) is 11.7 Å². The maximum absolute atomic E-state index is 13.9. The fourth-order valence-electron chi connectivity index (χ4n) is 3.83. The first-order valence-corrected chi connectivity index (χ1v) is 12.9. The average molecular weight is 523 g/mol. The van der Waals surface area contributed by atoms with E-state index in [1.54, 1.807) is 0 Å². The summed E-state index contributed by atoms with van der Waals surface area (Å²) < 4.78 is 30.7. The molecule has 0 unspecified atom stereocenters. The van der Waals surface area contributed by atoms with Crippen LogP contribution in [0, 0.1) is 11.6 Å². The number of aromatic nitrogens is 2. The second-order valence-electron chi connectivity index (χ2n) is 7.88. The number of para-hydroxylation sites is 2. The SMILES string of the molecule is O=C(CSc1cn(CCNC(=O)c2c(F)cccc2F)c2ccccc12)Nc1nc2ccccc2s1. The highest BCUT2D eigenvalue weighted by molar-refractivity contribution is 8.00. The smallest absolute Gasteiger partial charge is 0.257 e. The Kier molecular flexibility index (Phi) is 6.97. The third kappa shape index (κ3) is 5.09. The summed E-state index contributed by atoms with van der Waals surface area (Å²) >= 11 is 2.83. The van der Waals surface area contributed by atoms with E-state index in [0.717, 1.165) is 38.1 Å². The normalized spacial score (nSPS) is 11.2. The Morgan fingerprint density at radius 1 is 0.972 bits per heavy atom. The molecule has 2 amide bonds. The van der Waals surface area contributed by atoms with Gasteiger partial charge in [-0.05, 0) is 30.3 Å². The first-order valence-electron chi connectivity index (χ1n) is 11.1. The monoisotopic (exact) mass is 522 g/mol. The zero-order valence-corrected chi connectivity index (χ0v) is 20.5. The number of rotatable bonds is 8. The minimum Gasteiger partial charge on any atom is -0.350 e. The Morgan fingerprint density at radius 2 is 1.72 bits per heavy atom. The van der Waals surface area contributed by atoms with Gasteiger partial charge in [0.05, 0.1) is 16.0 Å². The Bertz CT molecular complexity index is 1530. The van der Waals surface area contributed by atoms with Crippen molar-refractivity contribution in [2.24, 2.45) is 0 Å². The number of thioether (sulfide) groups is 1. The lowest BCUT2D eigenvalue weighted by atomic mass is 10.2. The molecule has 182 valence electrons. The van der Waals surface area contributed by atoms with Crippen molar-refractivity contribution >= 4 is 61.2 Å². The summed E-state index contributed by atoms with van der Waals surface area (Å²) in [4.78, 5) is 30.2. The van der Waals surface area contributed by atoms with Crippen molar-refractivity contribution < 1.29 is 18.4 Å². The van der Waals surface area contributed by atoms with E-state index in [4.69, 9.17) is 0 Å². The number of nitrogens with zero attached hydrogens (tertiary/aromatic N) is 2. The first-order chi connectivity index (χ1) is 17.5. The standard InChI is InChI=1S/C26H20F2N4O2S2/c27-17-7-5-8-18(28)24(17)25(34)29-12-13-32-14-22(16-6-1-3-10-20(16)32)35-15-23(33)31-26-30-19-9-2-4-11-21(19)36-26/h1-11,14H,12-13,15H2,(H,29,34)(H,30,31,33). The largest absolute Gasteiger partial charge is 0.350 e. The number of anilines is 1. The molecule has 2 N–H and O–H groups in total. The number of nitrogens with one attached hydrogen (secondary N) is 2. The molecule has 0 aliphatic rings. The molecule has 2 heterocycles. The van der Waals surface area contributed by atoms with Crippen LogP contribution in [0.5, 0.6) is 0 Å². The molecule has 0 aliphatic carbocycles. The summed E-state index contributed by atoms with van der Waals surface area (Å²) in [7, 11) is 0. The van der Waals surface area contributed by atoms with Gasteiger partial charge < -0.3 is 15.2 Å². The minimum absolute atomic E-state index is 0.157. The van der Waals surface area contributed by atoms with Crippen molar-refractivity contribution in [3.8, 4) is 0 Å². The van der Waals surface area contributed by atoms with E-state index < -0.39 is 23.1 Å². The van der Waals surface area contributed by atoms with E-state index in [9.17, 15) is 18.4 Å². The van der Waals surface area contributed by atoms with Crippen LogP contribution in [0.15, 0.2) is 77.8 Å². The lowest BCUT2D eigenvalue weighted by Gasteiger charge is -2.09. The molecule has 0 spiro atoms. The Hall–Kier alpha value is -3.76. The predicted octanol–water partition coefficient (Wildman–Crippen LogP) is 5.69. The third-order valence-electron chi connectivity index (χ3n) is 5.48. The van der Waals surface area contributed by atoms with Crippen LogP contribution in [0.1, 0.15) is 10.4 Å². The quantitative estimate of drug-likeness (QED) is 0.257. The van der Waals surface area contributed by atoms with Crippen LogP contribution >= 0.6 is 23.1 Å². The molecule has 0 fully saturated rings. The highest BCUT2D eigenvalue weighted by Gasteiger charge is 2.17. The molecule has 3 aromatic carbocycles. The Balaban J connectivity index is 1.23. The molecular formula is C26H20F2N4O2S2. The summed E-state index contributed by atoms with van der Waals surface area (Å²) in [5.74, 6) is -2.56. The molecular weight excluding hydrogens is 502 g/mol. The molecule has 0 atom stereocenters. The molecule has 6 nitrogen and oxygen atoms in total. The van der Waals surface area contributed by atoms with E-state index in [1.165, 1.54) is 29.2 Å². The molecule has 2 aromatic heterocycles. The highest BCUT2D eigenvalue weighted by Crippen LogP contribution is 2.31. The fraction of sp³-hybridized carbons (Fsp3) is 0.115. The lowest BCUT2D eigenvalue weighted by molar-refractivity contribution is -0.113. The molecule has 5 rings (SSSR count). The molecule has 0 aliphatic heterocycles. The Morgan fingerprint density at radius 3 is 2.53 bits per heavy atom. The van der Waals surface area contributed by atoms with Crippen molar-refractivity contribution in [2.75, 3.05) is 17.6 Å². The molecule has 36 heavy (non-hydrogen) atoms. The van der Waals surface area contributed by atoms with Crippen molar-refractivity contribution in [1.82, 2.24) is 14.9 Å². The number of benzene rings is 3. The van der Waals surface area contributed by atoms with Crippen LogP contribution < -0.4 is 10.6 Å². The van der Waals surface area contributed by atoms with Gasteiger partial charge >= 0.3 is 0 Å². The number of fused-ring (bicyclic) bond motifs is 2. The van der Waals surface area contributed by atoms with E-state index in [-0.39, 0.29) is 18.2 Å². The number of amides is 2. The summed E-state index contributed by atoms with van der Waals surface area (Å²) in [6.45, 7) is 0.564. The van der Waals surface area contributed by atoms with Crippen LogP contribution in [-0.2, 0) is 11.3 Å². The second kappa shape index (κ2) is 10.5. The van der Waals surface area contributed by atoms with Gasteiger partial charge in [-0.1, -0.05) is 47.7 Å². The summed E-state index contributed by atoms with van der Waals surface area (Å²) in [5.41, 5.74) is 1.18. The van der Waals surface area contributed by atoms with Gasteiger partial charge in [0.25, 0.3) is 5.91 Å². The first kappa shape index (κ1) is 24.0. The molecule has 0 bridgehead atoms. The van der Waals surface area contributed by atoms with Gasteiger partial charge in [-0.25, -0.2) is 13.8 Å². The number of hydrogen-bond donors (Lipinski definition) is 2. The topological polar surface area (TPSA) is 76.0 Å². The summed E-state index contributed by atoms with van der Waals surface area (Å²) in [5, 5.41) is 6.97. The zero-order chi connectivity index (χ0) is 25.1. The van der Waals surface area contributed by atoms with Crippen LogP contribution in [0.25, 0.3) is 21.1 Å². The van der Waals surface area contributed by atoms with Gasteiger partial charge in [-0.15, -0.1) is 11.8 Å². The highest BCUT2D eigenvalue weighted by atomic mass is 32.2. The van der Waals surface area contributed by atoms with Gasteiger partial charge in [0.15, 0.2) is 5.13 Å². The van der Waals surface area contributed by atoms with Crippen molar-refractivity contribution in [3.05, 3.63) is 90.1 Å². The lowest BCUT2D eigenvalue weighted by Crippen LogP contribution is -2.28. The fourth-order valence-corrected chi connectivity index (χ4v) is 5.60. The number of halogens is 2. The van der Waals surface area contributed by atoms with Gasteiger partial charge in [-0.2, -0.15) is 0 Å².